The van der Waals surface area contributed by atoms with Crippen LogP contribution < -0.4 is 0 Å². The molecule has 4 nitrogen and oxygen atoms in total. The van der Waals surface area contributed by atoms with Gasteiger partial charge < -0.3 is 0 Å². The summed E-state index contributed by atoms with van der Waals surface area (Å²) in [4.78, 5) is 0. The summed E-state index contributed by atoms with van der Waals surface area (Å²) in [6.07, 6.45) is 11.2. The van der Waals surface area contributed by atoms with Crippen LogP contribution in [0.25, 0.3) is 0 Å². The second-order valence-corrected chi connectivity index (χ2v) is 6.44. The van der Waals surface area contributed by atoms with Gasteiger partial charge >= 0.3 is 8.25 Å². The second kappa shape index (κ2) is 15.9. The molecule has 2 atom stereocenters. The number of nitriles is 1. The van der Waals surface area contributed by atoms with Crippen molar-refractivity contribution in [2.75, 3.05) is 13.2 Å². The zero-order valence-electron chi connectivity index (χ0n) is 13.7. The highest BCUT2D eigenvalue weighted by molar-refractivity contribution is 7.33. The van der Waals surface area contributed by atoms with Gasteiger partial charge in [0.05, 0.1) is 12.5 Å². The Morgan fingerprint density at radius 1 is 1.00 bits per heavy atom. The van der Waals surface area contributed by atoms with Crippen molar-refractivity contribution in [2.24, 2.45) is 5.92 Å². The third-order valence-corrected chi connectivity index (χ3v) is 4.26. The van der Waals surface area contributed by atoms with E-state index in [1.165, 1.54) is 44.9 Å². The van der Waals surface area contributed by atoms with Crippen LogP contribution in [0.3, 0.4) is 0 Å². The smallest absolute Gasteiger partial charge is 0.198 e. The molecule has 0 aliphatic carbocycles. The molecule has 0 fully saturated rings. The van der Waals surface area contributed by atoms with E-state index in [0.717, 1.165) is 12.8 Å². The lowest BCUT2D eigenvalue weighted by atomic mass is 9.95. The first-order chi connectivity index (χ1) is 10.2. The Morgan fingerprint density at radius 2 is 1.62 bits per heavy atom. The molecular weight excluding hydrogens is 285 g/mol. The monoisotopic (exact) mass is 316 g/mol. The van der Waals surface area contributed by atoms with E-state index in [9.17, 15) is 4.57 Å². The van der Waals surface area contributed by atoms with Gasteiger partial charge in [-0.3, -0.25) is 0 Å². The predicted octanol–water partition coefficient (Wildman–Crippen LogP) is 5.76. The molecule has 2 unspecified atom stereocenters. The molecule has 0 aliphatic rings. The molecule has 0 aromatic heterocycles. The lowest BCUT2D eigenvalue weighted by Crippen LogP contribution is -2.08. The van der Waals surface area contributed by atoms with Gasteiger partial charge in [-0.15, -0.1) is 9.05 Å². The fraction of sp³-hybridized carbons (Fsp3) is 0.938. The van der Waals surface area contributed by atoms with Crippen LogP contribution in [-0.4, -0.2) is 13.2 Å². The first kappa shape index (κ1) is 20.5. The van der Waals surface area contributed by atoms with Crippen LogP contribution in [0.2, 0.25) is 0 Å². The van der Waals surface area contributed by atoms with Crippen molar-refractivity contribution in [3.63, 3.8) is 0 Å². The molecule has 0 saturated heterocycles. The van der Waals surface area contributed by atoms with Gasteiger partial charge in [0.2, 0.25) is 0 Å². The summed E-state index contributed by atoms with van der Waals surface area (Å²) in [7, 11) is -2.07. The number of unbranched alkanes of at least 4 members (excludes halogenated alkanes) is 5. The van der Waals surface area contributed by atoms with Crippen LogP contribution >= 0.6 is 8.25 Å². The molecular formula is C16H31NO3P+. The van der Waals surface area contributed by atoms with E-state index in [1.54, 1.807) is 0 Å². The minimum Gasteiger partial charge on any atom is -0.198 e. The van der Waals surface area contributed by atoms with Gasteiger partial charge in [0.25, 0.3) is 0 Å². The molecule has 0 rings (SSSR count). The molecule has 0 aromatic rings. The summed E-state index contributed by atoms with van der Waals surface area (Å²) < 4.78 is 21.8. The van der Waals surface area contributed by atoms with Gasteiger partial charge in [-0.1, -0.05) is 58.8 Å². The number of hydrogen-bond acceptors (Lipinski definition) is 4. The van der Waals surface area contributed by atoms with E-state index in [-0.39, 0.29) is 13.0 Å². The topological polar surface area (TPSA) is 59.3 Å². The van der Waals surface area contributed by atoms with Crippen LogP contribution in [0, 0.1) is 17.2 Å². The van der Waals surface area contributed by atoms with Crippen LogP contribution in [0.5, 0.6) is 0 Å². The molecule has 0 heterocycles. The minimum absolute atomic E-state index is 0.183. The first-order valence-electron chi connectivity index (χ1n) is 8.34. The molecule has 122 valence electrons. The maximum absolute atomic E-state index is 11.5. The van der Waals surface area contributed by atoms with Gasteiger partial charge in [0.15, 0.2) is 0 Å². The molecule has 0 amide bonds. The van der Waals surface area contributed by atoms with E-state index in [1.807, 2.05) is 6.07 Å². The molecule has 5 heteroatoms. The Kier molecular flexibility index (Phi) is 15.5. The summed E-state index contributed by atoms with van der Waals surface area (Å²) in [5.74, 6) is 0.479. The Labute approximate surface area is 131 Å². The van der Waals surface area contributed by atoms with Gasteiger partial charge in [-0.05, 0) is 18.8 Å². The average molecular weight is 316 g/mol. The summed E-state index contributed by atoms with van der Waals surface area (Å²) in [6, 6.07) is 1.95. The predicted molar refractivity (Wildman–Crippen MR) is 86.1 cm³/mol. The van der Waals surface area contributed by atoms with E-state index >= 15 is 0 Å². The lowest BCUT2D eigenvalue weighted by molar-refractivity contribution is 0.186. The molecule has 0 spiro atoms. The molecule has 0 aromatic carbocycles. The Balaban J connectivity index is 3.89. The fourth-order valence-corrected chi connectivity index (χ4v) is 2.87. The Hall–Kier alpha value is -0.490. The van der Waals surface area contributed by atoms with Gasteiger partial charge in [0, 0.05) is 4.57 Å². The summed E-state index contributed by atoms with van der Waals surface area (Å²) in [5.41, 5.74) is 0. The van der Waals surface area contributed by atoms with Crippen molar-refractivity contribution in [2.45, 2.75) is 78.1 Å². The van der Waals surface area contributed by atoms with Crippen LogP contribution in [0.15, 0.2) is 0 Å². The quantitative estimate of drug-likeness (QED) is 0.285. The summed E-state index contributed by atoms with van der Waals surface area (Å²) >= 11 is 0. The number of nitrogens with zero attached hydrogens (tertiary/aromatic N) is 1. The van der Waals surface area contributed by atoms with Crippen molar-refractivity contribution in [1.82, 2.24) is 0 Å². The van der Waals surface area contributed by atoms with Gasteiger partial charge in [0.1, 0.15) is 13.2 Å². The molecule has 0 N–H and O–H groups in total. The van der Waals surface area contributed by atoms with E-state index in [0.29, 0.717) is 12.5 Å². The summed E-state index contributed by atoms with van der Waals surface area (Å²) in [6.45, 7) is 5.11. The third-order valence-electron chi connectivity index (χ3n) is 3.51. The van der Waals surface area contributed by atoms with E-state index in [4.69, 9.17) is 14.3 Å². The molecule has 0 radical (unpaired) electrons. The fourth-order valence-electron chi connectivity index (χ4n) is 2.22. The molecule has 0 aliphatic heterocycles. The third kappa shape index (κ3) is 14.2. The average Bonchev–Trinajstić information content (AvgIpc) is 2.49. The Morgan fingerprint density at radius 3 is 2.24 bits per heavy atom. The van der Waals surface area contributed by atoms with Gasteiger partial charge in [-0.2, -0.15) is 5.26 Å². The minimum atomic E-state index is -2.07. The van der Waals surface area contributed by atoms with Crippen LogP contribution in [0.1, 0.15) is 78.1 Å². The van der Waals surface area contributed by atoms with Crippen molar-refractivity contribution < 1.29 is 13.6 Å². The highest BCUT2D eigenvalue weighted by Gasteiger charge is 2.22. The van der Waals surface area contributed by atoms with E-state index < -0.39 is 8.25 Å². The normalized spacial score (nSPS) is 12.9. The Bertz CT molecular complexity index is 292. The van der Waals surface area contributed by atoms with Crippen LogP contribution in [-0.2, 0) is 13.6 Å². The van der Waals surface area contributed by atoms with E-state index in [2.05, 4.69) is 13.8 Å². The number of hydrogen-bond donors (Lipinski definition) is 0. The van der Waals surface area contributed by atoms with Crippen molar-refractivity contribution in [1.29, 1.82) is 5.26 Å². The second-order valence-electron chi connectivity index (χ2n) is 5.47. The van der Waals surface area contributed by atoms with Crippen molar-refractivity contribution in [3.05, 3.63) is 0 Å². The summed E-state index contributed by atoms with van der Waals surface area (Å²) in [5, 5.41) is 8.39. The zero-order valence-corrected chi connectivity index (χ0v) is 14.6. The lowest BCUT2D eigenvalue weighted by Gasteiger charge is -2.13. The zero-order chi connectivity index (χ0) is 15.8. The SMILES string of the molecule is CCCCCCC(CCCCC)CO[P+](=O)OCCC#N. The standard InChI is InChI=1S/C16H31NO3P/c1-3-5-7-9-12-16(11-8-6-4-2)15-20-21(18)19-14-10-13-17/h16H,3-12,14-15H2,1-2H3/q+1. The maximum Gasteiger partial charge on any atom is 0.697 e. The molecule has 0 bridgehead atoms. The van der Waals surface area contributed by atoms with Crippen molar-refractivity contribution in [3.8, 4) is 6.07 Å². The maximum atomic E-state index is 11.5. The highest BCUT2D eigenvalue weighted by atomic mass is 31.1. The highest BCUT2D eigenvalue weighted by Crippen LogP contribution is 2.27. The first-order valence-corrected chi connectivity index (χ1v) is 9.44. The van der Waals surface area contributed by atoms with Crippen LogP contribution in [0.4, 0.5) is 0 Å². The van der Waals surface area contributed by atoms with Crippen molar-refractivity contribution >= 4 is 8.25 Å². The largest absolute Gasteiger partial charge is 0.697 e. The molecule has 0 saturated carbocycles. The number of rotatable bonds is 15. The molecule has 21 heavy (non-hydrogen) atoms. The van der Waals surface area contributed by atoms with Gasteiger partial charge in [-0.25, -0.2) is 0 Å².